The van der Waals surface area contributed by atoms with Crippen molar-refractivity contribution in [2.45, 2.75) is 45.3 Å². The Balaban J connectivity index is 1.23. The van der Waals surface area contributed by atoms with Crippen LogP contribution in [0.5, 0.6) is 0 Å². The summed E-state index contributed by atoms with van der Waals surface area (Å²) in [4.78, 5) is 40.4. The van der Waals surface area contributed by atoms with E-state index in [1.165, 1.54) is 12.5 Å². The Hall–Kier alpha value is -4.14. The van der Waals surface area contributed by atoms with Crippen LogP contribution in [-0.2, 0) is 33.5 Å². The predicted octanol–water partition coefficient (Wildman–Crippen LogP) is 3.92. The number of hydrogen-bond donors (Lipinski definition) is 2. The number of fused-ring (bicyclic) bond motifs is 3. The highest BCUT2D eigenvalue weighted by atomic mass is 16.7. The molecule has 9 heteroatoms. The maximum Gasteiger partial charge on any atom is 0.410 e. The average molecular weight is 492 g/mol. The van der Waals surface area contributed by atoms with E-state index in [9.17, 15) is 19.5 Å². The van der Waals surface area contributed by atoms with Crippen LogP contribution in [0.1, 0.15) is 47.1 Å². The summed E-state index contributed by atoms with van der Waals surface area (Å²) in [6, 6.07) is 16.6. The Labute approximate surface area is 209 Å². The summed E-state index contributed by atoms with van der Waals surface area (Å²) in [6.45, 7) is 1.68. The number of aryl methyl sites for hydroxylation is 1. The number of esters is 1. The highest BCUT2D eigenvalue weighted by Gasteiger charge is 2.25. The molecule has 4 rings (SSSR count). The van der Waals surface area contributed by atoms with Crippen LogP contribution in [0.3, 0.4) is 0 Å². The molecular weight excluding hydrogens is 462 g/mol. The predicted molar refractivity (Wildman–Crippen MR) is 131 cm³/mol. The second-order valence-electron chi connectivity index (χ2n) is 8.69. The molecule has 2 N–H and O–H groups in total. The molecule has 0 bridgehead atoms. The molecular formula is C27H29N3O6. The van der Waals surface area contributed by atoms with E-state index in [1.807, 2.05) is 18.2 Å². The van der Waals surface area contributed by atoms with E-state index in [1.54, 1.807) is 36.7 Å². The molecule has 0 radical (unpaired) electrons. The van der Waals surface area contributed by atoms with Gasteiger partial charge in [0.1, 0.15) is 0 Å². The molecule has 3 aromatic rings. The Morgan fingerprint density at radius 1 is 1.06 bits per heavy atom. The minimum absolute atomic E-state index is 0.233. The zero-order valence-electron chi connectivity index (χ0n) is 20.1. The van der Waals surface area contributed by atoms with Crippen LogP contribution in [0.25, 0.3) is 5.69 Å². The first kappa shape index (κ1) is 25.0. The van der Waals surface area contributed by atoms with Gasteiger partial charge in [-0.15, -0.1) is 0 Å². The van der Waals surface area contributed by atoms with E-state index in [-0.39, 0.29) is 6.54 Å². The van der Waals surface area contributed by atoms with Gasteiger partial charge >= 0.3 is 18.0 Å². The van der Waals surface area contributed by atoms with Crippen LogP contribution in [0, 0.1) is 5.92 Å². The average Bonchev–Trinajstić information content (AvgIpc) is 3.29. The van der Waals surface area contributed by atoms with E-state index in [0.717, 1.165) is 29.9 Å². The SMILES string of the molecule is CC(OC(=O)NCCC[C@@H](Cc1ncn2c1CCc1ccccc1-2)C(=O)O)OC(=O)c1ccccc1. The first-order valence-corrected chi connectivity index (χ1v) is 12.0. The number of alkyl carbamates (subject to hydrolysis) is 1. The van der Waals surface area contributed by atoms with Crippen LogP contribution < -0.4 is 5.32 Å². The number of rotatable bonds is 10. The number of nitrogens with one attached hydrogen (secondary N) is 1. The highest BCUT2D eigenvalue weighted by Crippen LogP contribution is 2.28. The number of aliphatic carboxylic acids is 1. The minimum Gasteiger partial charge on any atom is -0.481 e. The number of nitrogens with zero attached hydrogens (tertiary/aromatic N) is 2. The lowest BCUT2D eigenvalue weighted by Crippen LogP contribution is -2.31. The molecule has 36 heavy (non-hydrogen) atoms. The van der Waals surface area contributed by atoms with Crippen molar-refractivity contribution in [3.63, 3.8) is 0 Å². The number of ether oxygens (including phenoxy) is 2. The summed E-state index contributed by atoms with van der Waals surface area (Å²) in [5.74, 6) is -2.10. The molecule has 2 heterocycles. The normalized spacial score (nSPS) is 13.6. The lowest BCUT2D eigenvalue weighted by Gasteiger charge is -2.20. The molecule has 1 amide bonds. The van der Waals surface area contributed by atoms with Crippen LogP contribution in [-0.4, -0.2) is 45.5 Å². The zero-order chi connectivity index (χ0) is 25.5. The quantitative estimate of drug-likeness (QED) is 0.251. The maximum absolute atomic E-state index is 12.0. The second-order valence-corrected chi connectivity index (χ2v) is 8.69. The molecule has 1 unspecified atom stereocenters. The number of carboxylic acid groups (broad SMARTS) is 1. The van der Waals surface area contributed by atoms with E-state index in [4.69, 9.17) is 9.47 Å². The minimum atomic E-state index is -1.07. The lowest BCUT2D eigenvalue weighted by atomic mass is 9.94. The molecule has 0 fully saturated rings. The molecule has 0 saturated heterocycles. The van der Waals surface area contributed by atoms with Gasteiger partial charge in [-0.05, 0) is 49.4 Å². The third kappa shape index (κ3) is 6.10. The summed E-state index contributed by atoms with van der Waals surface area (Å²) in [6.07, 6.45) is 2.83. The Morgan fingerprint density at radius 3 is 2.58 bits per heavy atom. The topological polar surface area (TPSA) is 120 Å². The molecule has 1 aromatic heterocycles. The number of carbonyl (C=O) groups is 3. The van der Waals surface area contributed by atoms with Crippen LogP contribution in [0.4, 0.5) is 4.79 Å². The third-order valence-corrected chi connectivity index (χ3v) is 6.18. The van der Waals surface area contributed by atoms with E-state index in [2.05, 4.69) is 20.9 Å². The molecule has 188 valence electrons. The van der Waals surface area contributed by atoms with Gasteiger partial charge in [0, 0.05) is 31.3 Å². The van der Waals surface area contributed by atoms with Crippen molar-refractivity contribution in [3.8, 4) is 5.69 Å². The summed E-state index contributed by atoms with van der Waals surface area (Å²) in [5, 5.41) is 12.3. The van der Waals surface area contributed by atoms with E-state index in [0.29, 0.717) is 24.8 Å². The molecule has 0 aliphatic carbocycles. The van der Waals surface area contributed by atoms with E-state index < -0.39 is 30.2 Å². The molecule has 2 atom stereocenters. The number of aromatic nitrogens is 2. The Morgan fingerprint density at radius 2 is 1.81 bits per heavy atom. The fraction of sp³-hybridized carbons (Fsp3) is 0.333. The van der Waals surface area contributed by atoms with Crippen molar-refractivity contribution < 1.29 is 29.0 Å². The molecule has 1 aliphatic rings. The van der Waals surface area contributed by atoms with Gasteiger partial charge in [0.2, 0.25) is 6.29 Å². The van der Waals surface area contributed by atoms with Gasteiger partial charge in [0.15, 0.2) is 0 Å². The molecule has 0 saturated carbocycles. The lowest BCUT2D eigenvalue weighted by molar-refractivity contribution is -0.142. The van der Waals surface area contributed by atoms with Crippen molar-refractivity contribution in [1.82, 2.24) is 14.9 Å². The standard InChI is InChI=1S/C27H29N3O6/c1-18(35-26(33)20-9-3-2-4-10-20)36-27(34)28-15-7-11-21(25(31)32)16-22-24-14-13-19-8-5-6-12-23(19)30(24)17-29-22/h2-6,8-10,12,17-18,21H,7,11,13-16H2,1H3,(H,28,34)(H,31,32)/t18?,21-/m0/s1. The Bertz CT molecular complexity index is 1220. The summed E-state index contributed by atoms with van der Waals surface area (Å²) in [7, 11) is 0. The monoisotopic (exact) mass is 491 g/mol. The first-order valence-electron chi connectivity index (χ1n) is 12.0. The Kier molecular flexibility index (Phi) is 7.99. The fourth-order valence-corrected chi connectivity index (χ4v) is 4.36. The van der Waals surface area contributed by atoms with E-state index >= 15 is 0 Å². The van der Waals surface area contributed by atoms with Gasteiger partial charge < -0.3 is 24.5 Å². The van der Waals surface area contributed by atoms with Crippen molar-refractivity contribution in [2.24, 2.45) is 5.92 Å². The molecule has 0 spiro atoms. The zero-order valence-corrected chi connectivity index (χ0v) is 20.1. The van der Waals surface area contributed by atoms with Crippen LogP contribution in [0.2, 0.25) is 0 Å². The summed E-state index contributed by atoms with van der Waals surface area (Å²) in [5.41, 5.74) is 4.57. The number of imidazole rings is 1. The van der Waals surface area contributed by atoms with Gasteiger partial charge in [-0.3, -0.25) is 4.79 Å². The fourth-order valence-electron chi connectivity index (χ4n) is 4.36. The van der Waals surface area contributed by atoms with Crippen LogP contribution in [0.15, 0.2) is 60.9 Å². The van der Waals surface area contributed by atoms with Crippen LogP contribution >= 0.6 is 0 Å². The number of carboxylic acids is 1. The van der Waals surface area contributed by atoms with Crippen molar-refractivity contribution >= 4 is 18.0 Å². The van der Waals surface area contributed by atoms with Gasteiger partial charge in [-0.2, -0.15) is 0 Å². The number of benzene rings is 2. The van der Waals surface area contributed by atoms with Crippen molar-refractivity contribution in [3.05, 3.63) is 83.4 Å². The highest BCUT2D eigenvalue weighted by molar-refractivity contribution is 5.89. The summed E-state index contributed by atoms with van der Waals surface area (Å²) < 4.78 is 12.2. The summed E-state index contributed by atoms with van der Waals surface area (Å²) >= 11 is 0. The maximum atomic E-state index is 12.0. The third-order valence-electron chi connectivity index (χ3n) is 6.18. The second kappa shape index (κ2) is 11.5. The van der Waals surface area contributed by atoms with Crippen molar-refractivity contribution in [2.75, 3.05) is 6.54 Å². The van der Waals surface area contributed by atoms with Crippen molar-refractivity contribution in [1.29, 1.82) is 0 Å². The molecule has 1 aliphatic heterocycles. The van der Waals surface area contributed by atoms with Gasteiger partial charge in [0.25, 0.3) is 0 Å². The largest absolute Gasteiger partial charge is 0.481 e. The first-order chi connectivity index (χ1) is 17.4. The van der Waals surface area contributed by atoms with Gasteiger partial charge in [-0.25, -0.2) is 14.6 Å². The number of carbonyl (C=O) groups excluding carboxylic acids is 2. The number of hydrogen-bond acceptors (Lipinski definition) is 6. The smallest absolute Gasteiger partial charge is 0.410 e. The van der Waals surface area contributed by atoms with Gasteiger partial charge in [-0.1, -0.05) is 36.4 Å². The number of para-hydroxylation sites is 1. The molecule has 9 nitrogen and oxygen atoms in total. The molecule has 2 aromatic carbocycles. The number of amides is 1. The van der Waals surface area contributed by atoms with Gasteiger partial charge in [0.05, 0.1) is 23.5 Å².